The highest BCUT2D eigenvalue weighted by Crippen LogP contribution is 2.24. The molecular formula is C11H17NO3. The summed E-state index contributed by atoms with van der Waals surface area (Å²) in [4.78, 5) is 8.78. The standard InChI is InChI=1S/C10H14O.CH3NO2/c1-10(2,3)8-5-4-6-9(11)7-8;2-1(3)4/h4-7,11H,1-3H3;2H2,(H,3,4). The summed E-state index contributed by atoms with van der Waals surface area (Å²) in [7, 11) is 0. The minimum absolute atomic E-state index is 0.124. The Labute approximate surface area is 89.4 Å². The van der Waals surface area contributed by atoms with E-state index in [0.717, 1.165) is 5.56 Å². The molecule has 84 valence electrons. The van der Waals surface area contributed by atoms with E-state index in [1.807, 2.05) is 12.1 Å². The molecule has 0 aliphatic heterocycles. The highest BCUT2D eigenvalue weighted by Gasteiger charge is 2.12. The van der Waals surface area contributed by atoms with Gasteiger partial charge in [0.1, 0.15) is 5.75 Å². The Kier molecular flexibility index (Phi) is 4.64. The van der Waals surface area contributed by atoms with Crippen LogP contribution in [0.1, 0.15) is 26.3 Å². The summed E-state index contributed by atoms with van der Waals surface area (Å²) < 4.78 is 0. The minimum atomic E-state index is -1.33. The summed E-state index contributed by atoms with van der Waals surface area (Å²) in [6.45, 7) is 6.38. The summed E-state index contributed by atoms with van der Waals surface area (Å²) in [5, 5.41) is 16.4. The van der Waals surface area contributed by atoms with Crippen molar-refractivity contribution in [3.05, 3.63) is 29.8 Å². The normalized spacial score (nSPS) is 10.1. The number of primary amides is 1. The zero-order chi connectivity index (χ0) is 12.1. The van der Waals surface area contributed by atoms with Gasteiger partial charge in [-0.3, -0.25) is 0 Å². The Morgan fingerprint density at radius 1 is 1.33 bits per heavy atom. The zero-order valence-corrected chi connectivity index (χ0v) is 9.19. The number of rotatable bonds is 0. The van der Waals surface area contributed by atoms with Crippen LogP contribution in [0.15, 0.2) is 24.3 Å². The van der Waals surface area contributed by atoms with Crippen molar-refractivity contribution in [2.45, 2.75) is 26.2 Å². The first-order chi connectivity index (χ1) is 6.73. The van der Waals surface area contributed by atoms with Crippen LogP contribution in [0.5, 0.6) is 5.75 Å². The number of benzene rings is 1. The van der Waals surface area contributed by atoms with Crippen LogP contribution in [0.3, 0.4) is 0 Å². The first-order valence-electron chi connectivity index (χ1n) is 4.51. The Morgan fingerprint density at radius 3 is 2.07 bits per heavy atom. The monoisotopic (exact) mass is 211 g/mol. The maximum absolute atomic E-state index is 9.18. The maximum Gasteiger partial charge on any atom is 0.402 e. The number of hydrogen-bond acceptors (Lipinski definition) is 2. The fraction of sp³-hybridized carbons (Fsp3) is 0.364. The van der Waals surface area contributed by atoms with Crippen LogP contribution in [0.2, 0.25) is 0 Å². The molecule has 4 heteroatoms. The van der Waals surface area contributed by atoms with Crippen molar-refractivity contribution in [1.29, 1.82) is 0 Å². The van der Waals surface area contributed by atoms with Crippen LogP contribution < -0.4 is 5.73 Å². The molecular weight excluding hydrogens is 194 g/mol. The van der Waals surface area contributed by atoms with Crippen molar-refractivity contribution >= 4 is 6.09 Å². The van der Waals surface area contributed by atoms with Gasteiger partial charge in [0.2, 0.25) is 0 Å². The number of carbonyl (C=O) groups is 1. The summed E-state index contributed by atoms with van der Waals surface area (Å²) in [5.74, 6) is 0.345. The highest BCUT2D eigenvalue weighted by atomic mass is 16.4. The molecule has 0 saturated heterocycles. The predicted octanol–water partition coefficient (Wildman–Crippen LogP) is 2.31. The SMILES string of the molecule is CC(C)(C)c1cccc(O)c1.NC(=O)O. The Morgan fingerprint density at radius 2 is 1.80 bits per heavy atom. The van der Waals surface area contributed by atoms with Gasteiger partial charge in [-0.1, -0.05) is 32.9 Å². The smallest absolute Gasteiger partial charge is 0.402 e. The third-order valence-electron chi connectivity index (χ3n) is 1.71. The summed E-state index contributed by atoms with van der Waals surface area (Å²) >= 11 is 0. The minimum Gasteiger partial charge on any atom is -0.508 e. The third-order valence-corrected chi connectivity index (χ3v) is 1.71. The molecule has 0 saturated carbocycles. The number of phenolic OH excluding ortho intramolecular Hbond substituents is 1. The molecule has 0 aromatic heterocycles. The van der Waals surface area contributed by atoms with E-state index in [1.165, 1.54) is 0 Å². The van der Waals surface area contributed by atoms with E-state index in [2.05, 4.69) is 26.5 Å². The van der Waals surface area contributed by atoms with Gasteiger partial charge in [-0.2, -0.15) is 0 Å². The molecule has 15 heavy (non-hydrogen) atoms. The fourth-order valence-electron chi connectivity index (χ4n) is 0.972. The molecule has 0 aliphatic rings. The molecule has 4 nitrogen and oxygen atoms in total. The molecule has 1 amide bonds. The van der Waals surface area contributed by atoms with E-state index in [0.29, 0.717) is 5.75 Å². The first kappa shape index (κ1) is 13.3. The van der Waals surface area contributed by atoms with Crippen molar-refractivity contribution in [2.24, 2.45) is 5.73 Å². The van der Waals surface area contributed by atoms with E-state index in [9.17, 15) is 5.11 Å². The predicted molar refractivity (Wildman–Crippen MR) is 59.0 cm³/mol. The molecule has 0 heterocycles. The number of amides is 1. The lowest BCUT2D eigenvalue weighted by atomic mass is 9.87. The van der Waals surface area contributed by atoms with Crippen LogP contribution >= 0.6 is 0 Å². The number of hydrogen-bond donors (Lipinski definition) is 3. The van der Waals surface area contributed by atoms with Gasteiger partial charge in [0, 0.05) is 0 Å². The molecule has 1 aromatic carbocycles. The molecule has 4 N–H and O–H groups in total. The Balaban J connectivity index is 0.000000423. The number of phenols is 1. The lowest BCUT2D eigenvalue weighted by Crippen LogP contribution is -2.10. The van der Waals surface area contributed by atoms with Crippen LogP contribution in [0, 0.1) is 0 Å². The summed E-state index contributed by atoms with van der Waals surface area (Å²) in [6, 6.07) is 7.39. The molecule has 0 spiro atoms. The second kappa shape index (κ2) is 5.24. The average Bonchev–Trinajstić information content (AvgIpc) is 2.01. The van der Waals surface area contributed by atoms with Crippen molar-refractivity contribution in [3.8, 4) is 5.75 Å². The number of aromatic hydroxyl groups is 1. The Hall–Kier alpha value is -1.71. The van der Waals surface area contributed by atoms with Gasteiger partial charge in [-0.05, 0) is 23.1 Å². The van der Waals surface area contributed by atoms with Crippen molar-refractivity contribution in [2.75, 3.05) is 0 Å². The van der Waals surface area contributed by atoms with Crippen LogP contribution in [0.4, 0.5) is 4.79 Å². The summed E-state index contributed by atoms with van der Waals surface area (Å²) in [6.07, 6.45) is -1.33. The zero-order valence-electron chi connectivity index (χ0n) is 9.19. The van der Waals surface area contributed by atoms with Gasteiger partial charge in [-0.25, -0.2) is 4.79 Å². The topological polar surface area (TPSA) is 83.5 Å². The second-order valence-electron chi connectivity index (χ2n) is 4.14. The summed E-state index contributed by atoms with van der Waals surface area (Å²) in [5.41, 5.74) is 5.32. The average molecular weight is 211 g/mol. The van der Waals surface area contributed by atoms with Gasteiger partial charge >= 0.3 is 6.09 Å². The number of carboxylic acid groups (broad SMARTS) is 1. The van der Waals surface area contributed by atoms with Gasteiger partial charge < -0.3 is 15.9 Å². The molecule has 0 aliphatic carbocycles. The van der Waals surface area contributed by atoms with Crippen LogP contribution in [-0.2, 0) is 5.41 Å². The van der Waals surface area contributed by atoms with Gasteiger partial charge in [0.15, 0.2) is 0 Å². The molecule has 0 atom stereocenters. The van der Waals surface area contributed by atoms with Gasteiger partial charge in [0.05, 0.1) is 0 Å². The molecule has 1 rings (SSSR count). The lowest BCUT2D eigenvalue weighted by molar-refractivity contribution is 0.205. The molecule has 0 unspecified atom stereocenters. The molecule has 0 radical (unpaired) electrons. The Bertz CT molecular complexity index is 325. The van der Waals surface area contributed by atoms with Crippen LogP contribution in [0.25, 0.3) is 0 Å². The maximum atomic E-state index is 9.18. The van der Waals surface area contributed by atoms with Crippen LogP contribution in [-0.4, -0.2) is 16.3 Å². The van der Waals surface area contributed by atoms with E-state index in [-0.39, 0.29) is 5.41 Å². The van der Waals surface area contributed by atoms with E-state index in [4.69, 9.17) is 9.90 Å². The van der Waals surface area contributed by atoms with Gasteiger partial charge in [-0.15, -0.1) is 0 Å². The molecule has 1 aromatic rings. The van der Waals surface area contributed by atoms with Crippen molar-refractivity contribution in [3.63, 3.8) is 0 Å². The second-order valence-corrected chi connectivity index (χ2v) is 4.14. The lowest BCUT2D eigenvalue weighted by Gasteiger charge is -2.18. The van der Waals surface area contributed by atoms with Gasteiger partial charge in [0.25, 0.3) is 0 Å². The molecule has 0 fully saturated rings. The van der Waals surface area contributed by atoms with Crippen molar-refractivity contribution < 1.29 is 15.0 Å². The molecule has 0 bridgehead atoms. The van der Waals surface area contributed by atoms with Crippen molar-refractivity contribution in [1.82, 2.24) is 0 Å². The van der Waals surface area contributed by atoms with E-state index in [1.54, 1.807) is 12.1 Å². The first-order valence-corrected chi connectivity index (χ1v) is 4.51. The van der Waals surface area contributed by atoms with E-state index < -0.39 is 6.09 Å². The largest absolute Gasteiger partial charge is 0.508 e. The third kappa shape index (κ3) is 6.37. The quantitative estimate of drug-likeness (QED) is 0.615. The van der Waals surface area contributed by atoms with E-state index >= 15 is 0 Å². The number of nitrogens with two attached hydrogens (primary N) is 1. The fourth-order valence-corrected chi connectivity index (χ4v) is 0.972. The highest BCUT2D eigenvalue weighted by molar-refractivity contribution is 5.61.